The molecule has 0 aliphatic carbocycles. The van der Waals surface area contributed by atoms with Crippen molar-refractivity contribution in [2.24, 2.45) is 0 Å². The van der Waals surface area contributed by atoms with Crippen molar-refractivity contribution in [2.45, 2.75) is 0 Å². The highest BCUT2D eigenvalue weighted by Gasteiger charge is 2.08. The van der Waals surface area contributed by atoms with Crippen molar-refractivity contribution in [1.29, 1.82) is 0 Å². The van der Waals surface area contributed by atoms with Crippen LogP contribution in [0.25, 0.3) is 22.5 Å². The molecule has 98 valence electrons. The fraction of sp³-hybridized carbons (Fsp3) is 0. The van der Waals surface area contributed by atoms with Crippen molar-refractivity contribution in [1.82, 2.24) is 9.97 Å². The maximum atomic E-state index is 9.79. The first-order valence-electron chi connectivity index (χ1n) is 6.14. The van der Waals surface area contributed by atoms with Crippen LogP contribution in [0.2, 0.25) is 0 Å². The molecule has 0 radical (unpaired) electrons. The molecule has 1 heterocycles. The van der Waals surface area contributed by atoms with Crippen LogP contribution >= 0.6 is 0 Å². The third kappa shape index (κ3) is 2.19. The Hall–Kier alpha value is -2.88. The third-order valence-corrected chi connectivity index (χ3v) is 3.01. The minimum Gasteiger partial charge on any atom is -0.507 e. The number of aromatic nitrogens is 2. The zero-order valence-corrected chi connectivity index (χ0v) is 10.6. The minimum atomic E-state index is 0.164. The number of benzene rings is 2. The Balaban J connectivity index is 2.01. The molecule has 0 saturated heterocycles. The summed E-state index contributed by atoms with van der Waals surface area (Å²) in [7, 11) is 0. The van der Waals surface area contributed by atoms with Gasteiger partial charge in [0.1, 0.15) is 11.5 Å². The van der Waals surface area contributed by atoms with Gasteiger partial charge in [0.15, 0.2) is 0 Å². The Kier molecular flexibility index (Phi) is 3.05. The lowest BCUT2D eigenvalue weighted by Crippen LogP contribution is -1.90. The lowest BCUT2D eigenvalue weighted by molar-refractivity contribution is 0.476. The molecule has 0 aliphatic rings. The average molecular weight is 264 g/mol. The molecule has 2 aromatic carbocycles. The van der Waals surface area contributed by atoms with E-state index in [0.717, 1.165) is 0 Å². The molecule has 0 fully saturated rings. The van der Waals surface area contributed by atoms with Gasteiger partial charge in [-0.3, -0.25) is 9.97 Å². The Morgan fingerprint density at radius 1 is 0.600 bits per heavy atom. The summed E-state index contributed by atoms with van der Waals surface area (Å²) in [5.74, 6) is 0.328. The van der Waals surface area contributed by atoms with E-state index in [9.17, 15) is 10.2 Å². The van der Waals surface area contributed by atoms with E-state index in [1.807, 2.05) is 12.1 Å². The van der Waals surface area contributed by atoms with Gasteiger partial charge in [-0.15, -0.1) is 0 Å². The van der Waals surface area contributed by atoms with Crippen LogP contribution in [0.4, 0.5) is 0 Å². The van der Waals surface area contributed by atoms with Gasteiger partial charge in [-0.05, 0) is 24.3 Å². The van der Waals surface area contributed by atoms with Crippen molar-refractivity contribution in [3.63, 3.8) is 0 Å². The van der Waals surface area contributed by atoms with Gasteiger partial charge in [-0.2, -0.15) is 0 Å². The van der Waals surface area contributed by atoms with Crippen LogP contribution < -0.4 is 0 Å². The Labute approximate surface area is 116 Å². The van der Waals surface area contributed by atoms with Gasteiger partial charge in [0.2, 0.25) is 0 Å². The topological polar surface area (TPSA) is 66.2 Å². The van der Waals surface area contributed by atoms with Crippen molar-refractivity contribution in [3.8, 4) is 34.0 Å². The predicted molar refractivity (Wildman–Crippen MR) is 76.2 cm³/mol. The van der Waals surface area contributed by atoms with Gasteiger partial charge in [0.05, 0.1) is 23.8 Å². The molecule has 0 aliphatic heterocycles. The number of phenols is 2. The van der Waals surface area contributed by atoms with Crippen LogP contribution in [0.15, 0.2) is 60.9 Å². The first-order valence-corrected chi connectivity index (χ1v) is 6.14. The highest BCUT2D eigenvalue weighted by atomic mass is 16.3. The summed E-state index contributed by atoms with van der Waals surface area (Å²) in [4.78, 5) is 8.59. The number of rotatable bonds is 2. The van der Waals surface area contributed by atoms with Gasteiger partial charge >= 0.3 is 0 Å². The molecule has 1 aromatic heterocycles. The standard InChI is InChI=1S/C16H12N2O2/c19-15-7-3-1-5-11(15)13-9-18-14(10-17-13)12-6-2-4-8-16(12)20/h1-10,19-20H. The summed E-state index contributed by atoms with van der Waals surface area (Å²) in [6, 6.07) is 13.9. The number of hydrogen-bond acceptors (Lipinski definition) is 4. The smallest absolute Gasteiger partial charge is 0.125 e. The molecule has 0 amide bonds. The molecule has 2 N–H and O–H groups in total. The molecular weight excluding hydrogens is 252 g/mol. The van der Waals surface area contributed by atoms with E-state index >= 15 is 0 Å². The summed E-state index contributed by atoms with van der Waals surface area (Å²) < 4.78 is 0. The van der Waals surface area contributed by atoms with Crippen molar-refractivity contribution in [2.75, 3.05) is 0 Å². The predicted octanol–water partition coefficient (Wildman–Crippen LogP) is 3.22. The average Bonchev–Trinajstić information content (AvgIpc) is 2.49. The van der Waals surface area contributed by atoms with E-state index in [0.29, 0.717) is 22.5 Å². The molecule has 20 heavy (non-hydrogen) atoms. The second-order valence-corrected chi connectivity index (χ2v) is 4.32. The summed E-state index contributed by atoms with van der Waals surface area (Å²) in [5, 5.41) is 19.6. The first-order chi connectivity index (χ1) is 9.75. The van der Waals surface area contributed by atoms with Crippen LogP contribution in [0.1, 0.15) is 0 Å². The van der Waals surface area contributed by atoms with Crippen LogP contribution in [-0.2, 0) is 0 Å². The van der Waals surface area contributed by atoms with E-state index in [1.165, 1.54) is 0 Å². The third-order valence-electron chi connectivity index (χ3n) is 3.01. The molecule has 0 bridgehead atoms. The molecule has 0 unspecified atom stereocenters. The van der Waals surface area contributed by atoms with Gasteiger partial charge in [-0.25, -0.2) is 0 Å². The largest absolute Gasteiger partial charge is 0.507 e. The van der Waals surface area contributed by atoms with E-state index in [2.05, 4.69) is 9.97 Å². The SMILES string of the molecule is Oc1ccccc1-c1cnc(-c2ccccc2O)cn1. The Morgan fingerprint density at radius 2 is 1.00 bits per heavy atom. The van der Waals surface area contributed by atoms with Crippen LogP contribution in [-0.4, -0.2) is 20.2 Å². The summed E-state index contributed by atoms with van der Waals surface area (Å²) in [6.07, 6.45) is 3.16. The molecule has 3 aromatic rings. The molecule has 4 heteroatoms. The number of phenolic OH excluding ortho intramolecular Hbond substituents is 2. The number of nitrogens with zero attached hydrogens (tertiary/aromatic N) is 2. The lowest BCUT2D eigenvalue weighted by atomic mass is 10.1. The monoisotopic (exact) mass is 264 g/mol. The normalized spacial score (nSPS) is 10.4. The lowest BCUT2D eigenvalue weighted by Gasteiger charge is -2.06. The maximum Gasteiger partial charge on any atom is 0.125 e. The molecule has 4 nitrogen and oxygen atoms in total. The zero-order chi connectivity index (χ0) is 13.9. The zero-order valence-electron chi connectivity index (χ0n) is 10.6. The fourth-order valence-corrected chi connectivity index (χ4v) is 1.99. The second-order valence-electron chi connectivity index (χ2n) is 4.32. The maximum absolute atomic E-state index is 9.79. The first kappa shape index (κ1) is 12.2. The van der Waals surface area contributed by atoms with Crippen LogP contribution in [0, 0.1) is 0 Å². The van der Waals surface area contributed by atoms with Gasteiger partial charge in [-0.1, -0.05) is 24.3 Å². The highest BCUT2D eigenvalue weighted by Crippen LogP contribution is 2.29. The van der Waals surface area contributed by atoms with Gasteiger partial charge in [0.25, 0.3) is 0 Å². The van der Waals surface area contributed by atoms with E-state index in [1.54, 1.807) is 48.8 Å². The Bertz CT molecular complexity index is 675. The highest BCUT2D eigenvalue weighted by molar-refractivity contribution is 5.69. The van der Waals surface area contributed by atoms with Gasteiger partial charge in [0, 0.05) is 11.1 Å². The number of para-hydroxylation sites is 2. The van der Waals surface area contributed by atoms with Gasteiger partial charge < -0.3 is 10.2 Å². The molecule has 0 spiro atoms. The molecule has 0 atom stereocenters. The Morgan fingerprint density at radius 3 is 1.35 bits per heavy atom. The van der Waals surface area contributed by atoms with E-state index in [4.69, 9.17) is 0 Å². The molecule has 0 saturated carbocycles. The fourth-order valence-electron chi connectivity index (χ4n) is 1.99. The van der Waals surface area contributed by atoms with Crippen molar-refractivity contribution < 1.29 is 10.2 Å². The van der Waals surface area contributed by atoms with Crippen LogP contribution in [0.5, 0.6) is 11.5 Å². The van der Waals surface area contributed by atoms with Crippen molar-refractivity contribution >= 4 is 0 Å². The number of aromatic hydroxyl groups is 2. The summed E-state index contributed by atoms with van der Waals surface area (Å²) >= 11 is 0. The quantitative estimate of drug-likeness (QED) is 0.745. The van der Waals surface area contributed by atoms with Crippen molar-refractivity contribution in [3.05, 3.63) is 60.9 Å². The number of hydrogen-bond donors (Lipinski definition) is 2. The van der Waals surface area contributed by atoms with Crippen LogP contribution in [0.3, 0.4) is 0 Å². The molecule has 3 rings (SSSR count). The minimum absolute atomic E-state index is 0.164. The second kappa shape index (κ2) is 5.01. The van der Waals surface area contributed by atoms with E-state index < -0.39 is 0 Å². The summed E-state index contributed by atoms with van der Waals surface area (Å²) in [5.41, 5.74) is 2.43. The summed E-state index contributed by atoms with van der Waals surface area (Å²) in [6.45, 7) is 0. The van der Waals surface area contributed by atoms with E-state index in [-0.39, 0.29) is 11.5 Å². The molecular formula is C16H12N2O2.